The molecule has 0 bridgehead atoms. The van der Waals surface area contributed by atoms with Crippen LogP contribution in [0.2, 0.25) is 0 Å². The maximum Gasteiger partial charge on any atom is 0.277 e. The molecule has 24 heavy (non-hydrogen) atoms. The summed E-state index contributed by atoms with van der Waals surface area (Å²) in [5, 5.41) is 3.79. The molecule has 1 aromatic carbocycles. The van der Waals surface area contributed by atoms with E-state index in [2.05, 4.69) is 26.5 Å². The lowest BCUT2D eigenvalue weighted by atomic mass is 10.3. The van der Waals surface area contributed by atoms with Crippen molar-refractivity contribution in [2.24, 2.45) is 5.10 Å². The van der Waals surface area contributed by atoms with Crippen molar-refractivity contribution < 1.29 is 18.7 Å². The molecule has 126 valence electrons. The average molecular weight is 393 g/mol. The monoisotopic (exact) mass is 392 g/mol. The van der Waals surface area contributed by atoms with Crippen molar-refractivity contribution >= 4 is 34.1 Å². The van der Waals surface area contributed by atoms with Crippen molar-refractivity contribution in [3.05, 3.63) is 52.4 Å². The van der Waals surface area contributed by atoms with E-state index in [1.807, 2.05) is 19.1 Å². The number of ether oxygens (including phenoxy) is 2. The van der Waals surface area contributed by atoms with Crippen molar-refractivity contribution in [2.45, 2.75) is 6.92 Å². The lowest BCUT2D eigenvalue weighted by Crippen LogP contribution is -2.24. The molecule has 7 heteroatoms. The molecule has 0 spiro atoms. The van der Waals surface area contributed by atoms with E-state index in [-0.39, 0.29) is 12.5 Å². The van der Waals surface area contributed by atoms with Crippen LogP contribution in [0.1, 0.15) is 11.5 Å². The number of carbonyl (C=O) groups is 1. The van der Waals surface area contributed by atoms with Gasteiger partial charge in [0, 0.05) is 10.7 Å². The van der Waals surface area contributed by atoms with Crippen molar-refractivity contribution in [1.29, 1.82) is 0 Å². The molecule has 0 radical (unpaired) electrons. The topological polar surface area (TPSA) is 73.1 Å². The first kappa shape index (κ1) is 17.8. The molecule has 1 heterocycles. The van der Waals surface area contributed by atoms with Gasteiger partial charge in [-0.1, -0.05) is 15.9 Å². The Morgan fingerprint density at radius 3 is 2.88 bits per heavy atom. The number of hydrogen-bond acceptors (Lipinski definition) is 5. The minimum Gasteiger partial charge on any atom is -0.493 e. The van der Waals surface area contributed by atoms with Crippen LogP contribution < -0.4 is 14.9 Å². The average Bonchev–Trinajstić information content (AvgIpc) is 2.98. The van der Waals surface area contributed by atoms with Crippen LogP contribution in [0.3, 0.4) is 0 Å². The van der Waals surface area contributed by atoms with Gasteiger partial charge in [-0.05, 0) is 49.4 Å². The molecule has 0 aliphatic carbocycles. The number of nitrogens with zero attached hydrogens (tertiary/aromatic N) is 1. The molecule has 6 nitrogen and oxygen atoms in total. The van der Waals surface area contributed by atoms with Crippen molar-refractivity contribution in [1.82, 2.24) is 5.43 Å². The highest BCUT2D eigenvalue weighted by Crippen LogP contribution is 2.29. The summed E-state index contributed by atoms with van der Waals surface area (Å²) in [5.41, 5.74) is 2.37. The zero-order valence-corrected chi connectivity index (χ0v) is 14.9. The van der Waals surface area contributed by atoms with Crippen LogP contribution in [0.15, 0.2) is 50.4 Å². The maximum atomic E-state index is 11.7. The predicted octanol–water partition coefficient (Wildman–Crippen LogP) is 3.55. The Hall–Kier alpha value is -2.54. The minimum atomic E-state index is -0.376. The Bertz CT molecular complexity index is 753. The van der Waals surface area contributed by atoms with Gasteiger partial charge >= 0.3 is 0 Å². The van der Waals surface area contributed by atoms with Crippen LogP contribution in [0, 0.1) is 6.92 Å². The first-order valence-electron chi connectivity index (χ1n) is 7.10. The van der Waals surface area contributed by atoms with E-state index in [4.69, 9.17) is 13.9 Å². The summed E-state index contributed by atoms with van der Waals surface area (Å²) in [5.74, 6) is 2.19. The number of aryl methyl sites for hydroxylation is 1. The summed E-state index contributed by atoms with van der Waals surface area (Å²) in [4.78, 5) is 11.7. The molecule has 0 aliphatic rings. The van der Waals surface area contributed by atoms with Crippen LogP contribution >= 0.6 is 15.9 Å². The molecule has 0 fully saturated rings. The summed E-state index contributed by atoms with van der Waals surface area (Å²) < 4.78 is 16.8. The second-order valence-corrected chi connectivity index (χ2v) is 5.62. The molecular formula is C17H17BrN2O4. The number of nitrogens with one attached hydrogen (secondary N) is 1. The number of benzene rings is 1. The predicted molar refractivity (Wildman–Crippen MR) is 95.3 cm³/mol. The number of allylic oxidation sites excluding steroid dienone is 1. The fourth-order valence-corrected chi connectivity index (χ4v) is 2.11. The zero-order chi connectivity index (χ0) is 17.4. The number of hydrazone groups is 1. The second kappa shape index (κ2) is 8.93. The molecule has 0 atom stereocenters. The van der Waals surface area contributed by atoms with Gasteiger partial charge in [-0.3, -0.25) is 4.79 Å². The molecule has 0 saturated carbocycles. The highest BCUT2D eigenvalue weighted by Gasteiger charge is 2.07. The van der Waals surface area contributed by atoms with E-state index >= 15 is 0 Å². The molecule has 1 N–H and O–H groups in total. The van der Waals surface area contributed by atoms with Crippen LogP contribution in [-0.4, -0.2) is 25.8 Å². The van der Waals surface area contributed by atoms with E-state index in [1.54, 1.807) is 30.4 Å². The third-order valence-corrected chi connectivity index (χ3v) is 3.35. The SMILES string of the molecule is COc1cc(Br)ccc1OCC(=O)N/N=C\C=C\c1ccc(C)o1. The number of hydrogen-bond donors (Lipinski definition) is 1. The number of carbonyl (C=O) groups excluding carboxylic acids is 1. The minimum absolute atomic E-state index is 0.170. The van der Waals surface area contributed by atoms with E-state index < -0.39 is 0 Å². The molecule has 2 aromatic rings. The van der Waals surface area contributed by atoms with Crippen molar-refractivity contribution in [3.8, 4) is 11.5 Å². The standard InChI is InChI=1S/C17H17BrN2O4/c1-12-5-7-14(24-12)4-3-9-19-20-17(21)11-23-15-8-6-13(18)10-16(15)22-2/h3-10H,11H2,1-2H3,(H,20,21)/b4-3+,19-9-. The molecule has 0 saturated heterocycles. The van der Waals surface area contributed by atoms with E-state index in [1.165, 1.54) is 13.3 Å². The zero-order valence-electron chi connectivity index (χ0n) is 13.3. The summed E-state index contributed by atoms with van der Waals surface area (Å²) in [6, 6.07) is 8.99. The number of rotatable bonds is 7. The summed E-state index contributed by atoms with van der Waals surface area (Å²) >= 11 is 3.34. The molecule has 1 amide bonds. The largest absolute Gasteiger partial charge is 0.493 e. The highest BCUT2D eigenvalue weighted by atomic mass is 79.9. The lowest BCUT2D eigenvalue weighted by Gasteiger charge is -2.09. The van der Waals surface area contributed by atoms with Crippen molar-refractivity contribution in [2.75, 3.05) is 13.7 Å². The maximum absolute atomic E-state index is 11.7. The summed E-state index contributed by atoms with van der Waals surface area (Å²) in [6.07, 6.45) is 4.86. The first-order chi connectivity index (χ1) is 11.6. The fourth-order valence-electron chi connectivity index (χ4n) is 1.77. The first-order valence-corrected chi connectivity index (χ1v) is 7.89. The van der Waals surface area contributed by atoms with Gasteiger partial charge in [0.25, 0.3) is 5.91 Å². The Kier molecular flexibility index (Phi) is 6.62. The third-order valence-electron chi connectivity index (χ3n) is 2.86. The van der Waals surface area contributed by atoms with Gasteiger partial charge in [0.2, 0.25) is 0 Å². The van der Waals surface area contributed by atoms with Gasteiger partial charge in [-0.25, -0.2) is 5.43 Å². The summed E-state index contributed by atoms with van der Waals surface area (Å²) in [6.45, 7) is 1.70. The van der Waals surface area contributed by atoms with Crippen molar-refractivity contribution in [3.63, 3.8) is 0 Å². The van der Waals surface area contributed by atoms with E-state index in [0.29, 0.717) is 11.5 Å². The van der Waals surface area contributed by atoms with Gasteiger partial charge in [-0.15, -0.1) is 0 Å². The Morgan fingerprint density at radius 2 is 2.17 bits per heavy atom. The van der Waals surface area contributed by atoms with Gasteiger partial charge in [0.05, 0.1) is 7.11 Å². The van der Waals surface area contributed by atoms with Gasteiger partial charge in [-0.2, -0.15) is 5.10 Å². The number of furan rings is 1. The molecule has 1 aromatic heterocycles. The molecular weight excluding hydrogens is 376 g/mol. The number of methoxy groups -OCH3 is 1. The second-order valence-electron chi connectivity index (χ2n) is 4.70. The van der Waals surface area contributed by atoms with Crippen LogP contribution in [-0.2, 0) is 4.79 Å². The normalized spacial score (nSPS) is 11.1. The van der Waals surface area contributed by atoms with Crippen LogP contribution in [0.4, 0.5) is 0 Å². The smallest absolute Gasteiger partial charge is 0.277 e. The van der Waals surface area contributed by atoms with Crippen LogP contribution in [0.5, 0.6) is 11.5 Å². The van der Waals surface area contributed by atoms with Gasteiger partial charge in [0.1, 0.15) is 11.5 Å². The Labute approximate surface area is 148 Å². The molecule has 2 rings (SSSR count). The summed E-state index contributed by atoms with van der Waals surface area (Å²) in [7, 11) is 1.53. The number of amides is 1. The lowest BCUT2D eigenvalue weighted by molar-refractivity contribution is -0.123. The fraction of sp³-hybridized carbons (Fsp3) is 0.176. The Morgan fingerprint density at radius 1 is 1.33 bits per heavy atom. The van der Waals surface area contributed by atoms with Gasteiger partial charge in [0.15, 0.2) is 18.1 Å². The van der Waals surface area contributed by atoms with Crippen LogP contribution in [0.25, 0.3) is 6.08 Å². The van der Waals surface area contributed by atoms with E-state index in [0.717, 1.165) is 16.0 Å². The van der Waals surface area contributed by atoms with Gasteiger partial charge < -0.3 is 13.9 Å². The number of halogens is 1. The third kappa shape index (κ3) is 5.58. The quantitative estimate of drug-likeness (QED) is 0.577. The van der Waals surface area contributed by atoms with E-state index in [9.17, 15) is 4.79 Å². The molecule has 0 unspecified atom stereocenters. The Balaban J connectivity index is 1.77. The molecule has 0 aliphatic heterocycles. The highest BCUT2D eigenvalue weighted by molar-refractivity contribution is 9.10.